The van der Waals surface area contributed by atoms with E-state index in [0.717, 1.165) is 55.1 Å². The molecular formula is C25H30N2O2. The van der Waals surface area contributed by atoms with Crippen molar-refractivity contribution in [3.05, 3.63) is 71.9 Å². The number of piperidine rings is 1. The summed E-state index contributed by atoms with van der Waals surface area (Å²) in [5.74, 6) is 0.0855. The highest BCUT2D eigenvalue weighted by Gasteiger charge is 2.37. The van der Waals surface area contributed by atoms with Gasteiger partial charge in [0.2, 0.25) is 0 Å². The van der Waals surface area contributed by atoms with E-state index in [1.165, 1.54) is 5.56 Å². The van der Waals surface area contributed by atoms with Crippen LogP contribution in [0.2, 0.25) is 0 Å². The predicted octanol–water partition coefficient (Wildman–Crippen LogP) is 4.42. The van der Waals surface area contributed by atoms with Crippen LogP contribution in [0.15, 0.2) is 60.8 Å². The van der Waals surface area contributed by atoms with Crippen molar-refractivity contribution in [1.29, 1.82) is 0 Å². The molecule has 0 aliphatic carbocycles. The molecule has 152 valence electrons. The van der Waals surface area contributed by atoms with Crippen LogP contribution in [-0.2, 0) is 13.5 Å². The van der Waals surface area contributed by atoms with E-state index in [4.69, 9.17) is 0 Å². The number of aromatic nitrogens is 1. The second-order valence-corrected chi connectivity index (χ2v) is 8.50. The van der Waals surface area contributed by atoms with E-state index >= 15 is 0 Å². The summed E-state index contributed by atoms with van der Waals surface area (Å²) in [5.41, 5.74) is 2.98. The molecule has 1 amide bonds. The number of rotatable bonds is 6. The van der Waals surface area contributed by atoms with Gasteiger partial charge >= 0.3 is 0 Å². The summed E-state index contributed by atoms with van der Waals surface area (Å²) < 4.78 is 2.02. The van der Waals surface area contributed by atoms with E-state index < -0.39 is 0 Å². The van der Waals surface area contributed by atoms with Crippen LogP contribution in [-0.4, -0.2) is 40.2 Å². The normalized spacial score (nSPS) is 19.6. The third-order valence-electron chi connectivity index (χ3n) is 6.43. The number of nitrogens with zero attached hydrogens (tertiary/aromatic N) is 2. The SMILES string of the molecule is Cn1cc(C(=O)N2CCCC(CO)(CCCc3ccccc3)C2)c2ccccc21. The number of likely N-dealkylation sites (tertiary alicyclic amines) is 1. The molecule has 1 unspecified atom stereocenters. The molecule has 4 nitrogen and oxygen atoms in total. The molecule has 0 saturated carbocycles. The van der Waals surface area contributed by atoms with Crippen molar-refractivity contribution in [3.63, 3.8) is 0 Å². The summed E-state index contributed by atoms with van der Waals surface area (Å²) >= 11 is 0. The van der Waals surface area contributed by atoms with Crippen LogP contribution in [0.4, 0.5) is 0 Å². The standard InChI is InChI=1S/C25H30N2O2/c1-26-17-22(21-12-5-6-13-23(21)26)24(29)27-16-8-15-25(18-27,19-28)14-7-11-20-9-3-2-4-10-20/h2-6,9-10,12-13,17,28H,7-8,11,14-16,18-19H2,1H3. The largest absolute Gasteiger partial charge is 0.396 e. The number of para-hydroxylation sites is 1. The van der Waals surface area contributed by atoms with Gasteiger partial charge in [0, 0.05) is 42.7 Å². The first-order chi connectivity index (χ1) is 14.1. The fraction of sp³-hybridized carbons (Fsp3) is 0.400. The van der Waals surface area contributed by atoms with Gasteiger partial charge in [0.15, 0.2) is 0 Å². The van der Waals surface area contributed by atoms with Gasteiger partial charge in [-0.2, -0.15) is 0 Å². The van der Waals surface area contributed by atoms with Gasteiger partial charge in [0.1, 0.15) is 0 Å². The van der Waals surface area contributed by atoms with E-state index in [1.54, 1.807) is 0 Å². The van der Waals surface area contributed by atoms with Crippen molar-refractivity contribution in [2.24, 2.45) is 12.5 Å². The smallest absolute Gasteiger partial charge is 0.256 e. The number of hydrogen-bond donors (Lipinski definition) is 1. The van der Waals surface area contributed by atoms with Crippen molar-refractivity contribution in [3.8, 4) is 0 Å². The molecule has 2 aromatic carbocycles. The van der Waals surface area contributed by atoms with Crippen LogP contribution in [0.3, 0.4) is 0 Å². The first kappa shape index (κ1) is 19.7. The summed E-state index contributed by atoms with van der Waals surface area (Å²) in [6.45, 7) is 1.55. The van der Waals surface area contributed by atoms with E-state index in [9.17, 15) is 9.90 Å². The molecule has 29 heavy (non-hydrogen) atoms. The number of fused-ring (bicyclic) bond motifs is 1. The Bertz CT molecular complexity index is 979. The first-order valence-electron chi connectivity index (χ1n) is 10.6. The van der Waals surface area contributed by atoms with Crippen LogP contribution in [0, 0.1) is 5.41 Å². The van der Waals surface area contributed by atoms with Gasteiger partial charge in [-0.25, -0.2) is 0 Å². The summed E-state index contributed by atoms with van der Waals surface area (Å²) in [5, 5.41) is 11.2. The van der Waals surface area contributed by atoms with Crippen LogP contribution in [0.1, 0.15) is 41.6 Å². The average molecular weight is 391 g/mol. The number of carbonyl (C=O) groups is 1. The molecule has 1 aliphatic heterocycles. The number of aliphatic hydroxyl groups is 1. The van der Waals surface area contributed by atoms with E-state index in [0.29, 0.717) is 6.54 Å². The minimum atomic E-state index is -0.187. The monoisotopic (exact) mass is 390 g/mol. The number of aliphatic hydroxyl groups excluding tert-OH is 1. The highest BCUT2D eigenvalue weighted by molar-refractivity contribution is 6.07. The molecule has 3 aromatic rings. The average Bonchev–Trinajstić information content (AvgIpc) is 3.11. The van der Waals surface area contributed by atoms with Crippen LogP contribution in [0.25, 0.3) is 10.9 Å². The minimum Gasteiger partial charge on any atom is -0.396 e. The summed E-state index contributed by atoms with van der Waals surface area (Å²) in [6, 6.07) is 18.5. The zero-order valence-electron chi connectivity index (χ0n) is 17.2. The maximum atomic E-state index is 13.4. The first-order valence-corrected chi connectivity index (χ1v) is 10.6. The second-order valence-electron chi connectivity index (χ2n) is 8.50. The quantitative estimate of drug-likeness (QED) is 0.677. The number of amides is 1. The molecule has 4 heteroatoms. The summed E-state index contributed by atoms with van der Waals surface area (Å²) in [7, 11) is 1.98. The molecule has 1 N–H and O–H groups in total. The van der Waals surface area contributed by atoms with Crippen LogP contribution >= 0.6 is 0 Å². The predicted molar refractivity (Wildman–Crippen MR) is 117 cm³/mol. The summed E-state index contributed by atoms with van der Waals surface area (Å²) in [6.07, 6.45) is 6.86. The third kappa shape index (κ3) is 4.08. The maximum Gasteiger partial charge on any atom is 0.256 e. The fourth-order valence-corrected chi connectivity index (χ4v) is 4.79. The van der Waals surface area contributed by atoms with E-state index in [-0.39, 0.29) is 17.9 Å². The van der Waals surface area contributed by atoms with Crippen molar-refractivity contribution in [2.75, 3.05) is 19.7 Å². The van der Waals surface area contributed by atoms with E-state index in [2.05, 4.69) is 24.3 Å². The Balaban J connectivity index is 1.47. The Labute approximate surface area is 172 Å². The Hall–Kier alpha value is -2.59. The van der Waals surface area contributed by atoms with E-state index in [1.807, 2.05) is 53.0 Å². The Morgan fingerprint density at radius 2 is 1.86 bits per heavy atom. The number of hydrogen-bond acceptors (Lipinski definition) is 2. The highest BCUT2D eigenvalue weighted by Crippen LogP contribution is 2.36. The number of benzene rings is 2. The Kier molecular flexibility index (Phi) is 5.72. The molecule has 0 radical (unpaired) electrons. The zero-order valence-corrected chi connectivity index (χ0v) is 17.2. The molecule has 0 bridgehead atoms. The lowest BCUT2D eigenvalue weighted by Gasteiger charge is -2.42. The number of aryl methyl sites for hydroxylation is 2. The lowest BCUT2D eigenvalue weighted by molar-refractivity contribution is 0.0217. The van der Waals surface area contributed by atoms with Gasteiger partial charge in [-0.15, -0.1) is 0 Å². The van der Waals surface area contributed by atoms with Crippen molar-refractivity contribution < 1.29 is 9.90 Å². The zero-order chi connectivity index (χ0) is 20.3. The Morgan fingerprint density at radius 3 is 2.66 bits per heavy atom. The minimum absolute atomic E-state index is 0.0855. The van der Waals surface area contributed by atoms with Gasteiger partial charge < -0.3 is 14.6 Å². The van der Waals surface area contributed by atoms with Crippen molar-refractivity contribution in [2.45, 2.75) is 32.1 Å². The highest BCUT2D eigenvalue weighted by atomic mass is 16.3. The topological polar surface area (TPSA) is 45.5 Å². The molecule has 4 rings (SSSR count). The van der Waals surface area contributed by atoms with Crippen molar-refractivity contribution in [1.82, 2.24) is 9.47 Å². The van der Waals surface area contributed by atoms with Gasteiger partial charge in [-0.3, -0.25) is 4.79 Å². The molecular weight excluding hydrogens is 360 g/mol. The molecule has 1 fully saturated rings. The molecule has 1 aliphatic rings. The molecule has 1 aromatic heterocycles. The lowest BCUT2D eigenvalue weighted by atomic mass is 9.76. The molecule has 2 heterocycles. The van der Waals surface area contributed by atoms with Gasteiger partial charge in [-0.1, -0.05) is 48.5 Å². The van der Waals surface area contributed by atoms with Crippen molar-refractivity contribution >= 4 is 16.8 Å². The van der Waals surface area contributed by atoms with Gasteiger partial charge in [0.05, 0.1) is 12.2 Å². The molecule has 1 atom stereocenters. The fourth-order valence-electron chi connectivity index (χ4n) is 4.79. The third-order valence-corrected chi connectivity index (χ3v) is 6.43. The second kappa shape index (κ2) is 8.42. The number of carbonyl (C=O) groups excluding carboxylic acids is 1. The van der Waals surface area contributed by atoms with Crippen LogP contribution < -0.4 is 0 Å². The van der Waals surface area contributed by atoms with Crippen LogP contribution in [0.5, 0.6) is 0 Å². The lowest BCUT2D eigenvalue weighted by Crippen LogP contribution is -2.48. The van der Waals surface area contributed by atoms with Gasteiger partial charge in [0.25, 0.3) is 5.91 Å². The Morgan fingerprint density at radius 1 is 1.10 bits per heavy atom. The molecule has 1 saturated heterocycles. The maximum absolute atomic E-state index is 13.4. The summed E-state index contributed by atoms with van der Waals surface area (Å²) in [4.78, 5) is 15.3. The molecule has 0 spiro atoms. The van der Waals surface area contributed by atoms with Gasteiger partial charge in [-0.05, 0) is 43.7 Å².